The van der Waals surface area contributed by atoms with E-state index in [9.17, 15) is 5.11 Å². The molecule has 78 valence electrons. The first-order valence-electron chi connectivity index (χ1n) is 5.34. The van der Waals surface area contributed by atoms with Gasteiger partial charge in [0.1, 0.15) is 0 Å². The Kier molecular flexibility index (Phi) is 3.70. The van der Waals surface area contributed by atoms with Crippen molar-refractivity contribution in [2.75, 3.05) is 0 Å². The Morgan fingerprint density at radius 2 is 1.93 bits per heavy atom. The van der Waals surface area contributed by atoms with Gasteiger partial charge in [0.2, 0.25) is 0 Å². The standard InChI is InChI=1S/C13H20O/c1-5-13(14)12-8-11(9(2)3)7-6-10(12)4/h6-9,13-14H,5H2,1-4H3. The van der Waals surface area contributed by atoms with E-state index >= 15 is 0 Å². The molecule has 0 fully saturated rings. The molecule has 0 aliphatic carbocycles. The Morgan fingerprint density at radius 1 is 1.29 bits per heavy atom. The summed E-state index contributed by atoms with van der Waals surface area (Å²) in [6.07, 6.45) is 0.469. The quantitative estimate of drug-likeness (QED) is 0.776. The molecule has 0 aliphatic rings. The summed E-state index contributed by atoms with van der Waals surface area (Å²) in [6.45, 7) is 8.41. The molecule has 0 heterocycles. The van der Waals surface area contributed by atoms with Gasteiger partial charge in [0.05, 0.1) is 6.10 Å². The highest BCUT2D eigenvalue weighted by Gasteiger charge is 2.09. The van der Waals surface area contributed by atoms with Crippen molar-refractivity contribution in [2.24, 2.45) is 0 Å². The van der Waals surface area contributed by atoms with Crippen LogP contribution in [0.25, 0.3) is 0 Å². The lowest BCUT2D eigenvalue weighted by molar-refractivity contribution is 0.173. The molecular weight excluding hydrogens is 172 g/mol. The molecule has 0 amide bonds. The Labute approximate surface area is 86.8 Å². The van der Waals surface area contributed by atoms with Crippen LogP contribution < -0.4 is 0 Å². The molecule has 0 saturated heterocycles. The van der Waals surface area contributed by atoms with Gasteiger partial charge in [-0.15, -0.1) is 0 Å². The van der Waals surface area contributed by atoms with E-state index in [2.05, 4.69) is 39.0 Å². The van der Waals surface area contributed by atoms with Gasteiger partial charge in [-0.2, -0.15) is 0 Å². The highest BCUT2D eigenvalue weighted by atomic mass is 16.3. The molecule has 1 atom stereocenters. The third kappa shape index (κ3) is 2.36. The van der Waals surface area contributed by atoms with Crippen LogP contribution in [0.2, 0.25) is 0 Å². The van der Waals surface area contributed by atoms with Crippen LogP contribution in [0.3, 0.4) is 0 Å². The maximum absolute atomic E-state index is 9.82. The molecule has 0 radical (unpaired) electrons. The van der Waals surface area contributed by atoms with Crippen LogP contribution >= 0.6 is 0 Å². The monoisotopic (exact) mass is 192 g/mol. The van der Waals surface area contributed by atoms with E-state index in [1.807, 2.05) is 6.92 Å². The van der Waals surface area contributed by atoms with E-state index in [1.165, 1.54) is 11.1 Å². The third-order valence-electron chi connectivity index (χ3n) is 2.72. The van der Waals surface area contributed by atoms with Gasteiger partial charge in [-0.3, -0.25) is 0 Å². The van der Waals surface area contributed by atoms with Crippen molar-refractivity contribution in [1.82, 2.24) is 0 Å². The normalized spacial score (nSPS) is 13.3. The molecule has 0 saturated carbocycles. The number of aliphatic hydroxyl groups excluding tert-OH is 1. The molecule has 1 rings (SSSR count). The van der Waals surface area contributed by atoms with E-state index in [0.717, 1.165) is 12.0 Å². The summed E-state index contributed by atoms with van der Waals surface area (Å²) < 4.78 is 0. The average molecular weight is 192 g/mol. The van der Waals surface area contributed by atoms with Crippen LogP contribution in [0.5, 0.6) is 0 Å². The summed E-state index contributed by atoms with van der Waals surface area (Å²) in [6, 6.07) is 6.38. The smallest absolute Gasteiger partial charge is 0.0790 e. The first kappa shape index (κ1) is 11.3. The summed E-state index contributed by atoms with van der Waals surface area (Å²) in [5.74, 6) is 0.526. The molecule has 0 aliphatic heterocycles. The largest absolute Gasteiger partial charge is 0.388 e. The lowest BCUT2D eigenvalue weighted by atomic mass is 9.94. The maximum atomic E-state index is 9.82. The minimum absolute atomic E-state index is 0.311. The van der Waals surface area contributed by atoms with Crippen molar-refractivity contribution in [3.63, 3.8) is 0 Å². The van der Waals surface area contributed by atoms with Crippen molar-refractivity contribution < 1.29 is 5.11 Å². The van der Waals surface area contributed by atoms with Crippen LogP contribution in [0, 0.1) is 6.92 Å². The fourth-order valence-corrected chi connectivity index (χ4v) is 1.60. The molecule has 1 heteroatoms. The minimum Gasteiger partial charge on any atom is -0.388 e. The van der Waals surface area contributed by atoms with Crippen LogP contribution in [-0.2, 0) is 0 Å². The van der Waals surface area contributed by atoms with Crippen molar-refractivity contribution in [1.29, 1.82) is 0 Å². The zero-order valence-corrected chi connectivity index (χ0v) is 9.54. The molecule has 1 nitrogen and oxygen atoms in total. The summed E-state index contributed by atoms with van der Waals surface area (Å²) in [5, 5.41) is 9.82. The lowest BCUT2D eigenvalue weighted by Gasteiger charge is -2.15. The summed E-state index contributed by atoms with van der Waals surface area (Å²) in [7, 11) is 0. The fourth-order valence-electron chi connectivity index (χ4n) is 1.60. The SMILES string of the molecule is CCC(O)c1cc(C(C)C)ccc1C. The molecule has 1 N–H and O–H groups in total. The Bertz CT molecular complexity index is 302. The van der Waals surface area contributed by atoms with Crippen LogP contribution in [0.4, 0.5) is 0 Å². The third-order valence-corrected chi connectivity index (χ3v) is 2.72. The number of rotatable bonds is 3. The Balaban J connectivity index is 3.08. The van der Waals surface area contributed by atoms with Gasteiger partial charge in [0.25, 0.3) is 0 Å². The predicted octanol–water partition coefficient (Wildman–Crippen LogP) is 3.56. The number of benzene rings is 1. The van der Waals surface area contributed by atoms with E-state index in [-0.39, 0.29) is 6.10 Å². The number of aliphatic hydroxyl groups is 1. The van der Waals surface area contributed by atoms with Crippen molar-refractivity contribution in [3.05, 3.63) is 34.9 Å². The van der Waals surface area contributed by atoms with Crippen LogP contribution in [0.15, 0.2) is 18.2 Å². The second kappa shape index (κ2) is 4.61. The topological polar surface area (TPSA) is 20.2 Å². The van der Waals surface area contributed by atoms with Crippen molar-refractivity contribution in [2.45, 2.75) is 46.1 Å². The van der Waals surface area contributed by atoms with E-state index in [4.69, 9.17) is 0 Å². The zero-order valence-electron chi connectivity index (χ0n) is 9.54. The maximum Gasteiger partial charge on any atom is 0.0790 e. The first-order chi connectivity index (χ1) is 6.56. The van der Waals surface area contributed by atoms with Crippen LogP contribution in [0.1, 0.15) is 55.9 Å². The van der Waals surface area contributed by atoms with E-state index < -0.39 is 0 Å². The van der Waals surface area contributed by atoms with E-state index in [1.54, 1.807) is 0 Å². The molecule has 1 aromatic carbocycles. The van der Waals surface area contributed by atoms with Crippen molar-refractivity contribution >= 4 is 0 Å². The minimum atomic E-state index is -0.311. The van der Waals surface area contributed by atoms with Gasteiger partial charge < -0.3 is 5.11 Å². The summed E-state index contributed by atoms with van der Waals surface area (Å²) in [5.41, 5.74) is 3.57. The zero-order chi connectivity index (χ0) is 10.7. The van der Waals surface area contributed by atoms with Gasteiger partial charge in [-0.25, -0.2) is 0 Å². The summed E-state index contributed by atoms with van der Waals surface area (Å²) >= 11 is 0. The Hall–Kier alpha value is -0.820. The molecule has 0 aromatic heterocycles. The second-order valence-electron chi connectivity index (χ2n) is 4.19. The van der Waals surface area contributed by atoms with Gasteiger partial charge in [0, 0.05) is 0 Å². The molecule has 1 aromatic rings. The van der Waals surface area contributed by atoms with Crippen LogP contribution in [-0.4, -0.2) is 5.11 Å². The van der Waals surface area contributed by atoms with Gasteiger partial charge >= 0.3 is 0 Å². The number of hydrogen-bond acceptors (Lipinski definition) is 1. The molecule has 0 bridgehead atoms. The van der Waals surface area contributed by atoms with Gasteiger partial charge in [0.15, 0.2) is 0 Å². The predicted molar refractivity (Wildman–Crippen MR) is 60.5 cm³/mol. The first-order valence-corrected chi connectivity index (χ1v) is 5.34. The lowest BCUT2D eigenvalue weighted by Crippen LogP contribution is -2.00. The second-order valence-corrected chi connectivity index (χ2v) is 4.19. The highest BCUT2D eigenvalue weighted by Crippen LogP contribution is 2.24. The highest BCUT2D eigenvalue weighted by molar-refractivity contribution is 5.34. The van der Waals surface area contributed by atoms with E-state index in [0.29, 0.717) is 5.92 Å². The molecule has 1 unspecified atom stereocenters. The fraction of sp³-hybridized carbons (Fsp3) is 0.538. The Morgan fingerprint density at radius 3 is 2.43 bits per heavy atom. The number of aryl methyl sites for hydroxylation is 1. The molecule has 0 spiro atoms. The molecule has 14 heavy (non-hydrogen) atoms. The van der Waals surface area contributed by atoms with Gasteiger partial charge in [-0.1, -0.05) is 39.0 Å². The number of hydrogen-bond donors (Lipinski definition) is 1. The molecular formula is C13H20O. The van der Waals surface area contributed by atoms with Gasteiger partial charge in [-0.05, 0) is 36.0 Å². The van der Waals surface area contributed by atoms with Crippen molar-refractivity contribution in [3.8, 4) is 0 Å². The summed E-state index contributed by atoms with van der Waals surface area (Å²) in [4.78, 5) is 0. The average Bonchev–Trinajstić information content (AvgIpc) is 2.17.